The largest absolute Gasteiger partial charge is 0.339 e. The van der Waals surface area contributed by atoms with E-state index < -0.39 is 0 Å². The van der Waals surface area contributed by atoms with Gasteiger partial charge in [0, 0.05) is 18.7 Å². The number of rotatable bonds is 5. The van der Waals surface area contributed by atoms with Gasteiger partial charge in [-0.15, -0.1) is 0 Å². The summed E-state index contributed by atoms with van der Waals surface area (Å²) < 4.78 is 0. The molecule has 0 saturated carbocycles. The van der Waals surface area contributed by atoms with Crippen LogP contribution < -0.4 is 5.73 Å². The minimum absolute atomic E-state index is 0.184. The van der Waals surface area contributed by atoms with E-state index in [0.29, 0.717) is 6.54 Å². The van der Waals surface area contributed by atoms with E-state index in [2.05, 4.69) is 6.92 Å². The first-order valence-corrected chi connectivity index (χ1v) is 7.83. The standard InChI is InChI=1S/C17H26N2O/c1-2-5-14-9-12-19(13-10-14)17(20)16-7-4-3-6-15(16)8-11-18/h3-4,6-7,14H,2,5,8-13,18H2,1H3. The Bertz CT molecular complexity index is 436. The molecule has 1 amide bonds. The van der Waals surface area contributed by atoms with E-state index in [9.17, 15) is 4.79 Å². The summed E-state index contributed by atoms with van der Waals surface area (Å²) in [4.78, 5) is 14.7. The van der Waals surface area contributed by atoms with Gasteiger partial charge in [-0.05, 0) is 43.4 Å². The van der Waals surface area contributed by atoms with Crippen molar-refractivity contribution >= 4 is 5.91 Å². The number of nitrogens with two attached hydrogens (primary N) is 1. The zero-order valence-corrected chi connectivity index (χ0v) is 12.5. The number of hydrogen-bond donors (Lipinski definition) is 1. The molecule has 110 valence electrons. The second-order valence-electron chi connectivity index (χ2n) is 5.72. The first-order chi connectivity index (χ1) is 9.76. The molecule has 1 fully saturated rings. The summed E-state index contributed by atoms with van der Waals surface area (Å²) in [6.45, 7) is 4.63. The Labute approximate surface area is 122 Å². The maximum Gasteiger partial charge on any atom is 0.254 e. The molecule has 0 spiro atoms. The average molecular weight is 274 g/mol. The molecule has 2 rings (SSSR count). The molecule has 0 bridgehead atoms. The van der Waals surface area contributed by atoms with Crippen LogP contribution in [0, 0.1) is 5.92 Å². The molecule has 1 heterocycles. The molecule has 1 aromatic carbocycles. The Balaban J connectivity index is 2.02. The van der Waals surface area contributed by atoms with Crippen LogP contribution in [-0.4, -0.2) is 30.4 Å². The second kappa shape index (κ2) is 7.44. The molecule has 3 nitrogen and oxygen atoms in total. The van der Waals surface area contributed by atoms with Gasteiger partial charge in [-0.25, -0.2) is 0 Å². The fourth-order valence-corrected chi connectivity index (χ4v) is 3.11. The summed E-state index contributed by atoms with van der Waals surface area (Å²) in [6, 6.07) is 7.88. The molecule has 1 saturated heterocycles. The van der Waals surface area contributed by atoms with Crippen LogP contribution in [0.2, 0.25) is 0 Å². The molecule has 20 heavy (non-hydrogen) atoms. The van der Waals surface area contributed by atoms with E-state index >= 15 is 0 Å². The third-order valence-corrected chi connectivity index (χ3v) is 4.26. The summed E-state index contributed by atoms with van der Waals surface area (Å²) in [5.74, 6) is 0.993. The second-order valence-corrected chi connectivity index (χ2v) is 5.72. The Hall–Kier alpha value is -1.35. The highest BCUT2D eigenvalue weighted by molar-refractivity contribution is 5.95. The van der Waals surface area contributed by atoms with E-state index in [1.807, 2.05) is 29.2 Å². The monoisotopic (exact) mass is 274 g/mol. The summed E-state index contributed by atoms with van der Waals surface area (Å²) in [7, 11) is 0. The Morgan fingerprint density at radius 1 is 1.30 bits per heavy atom. The molecular weight excluding hydrogens is 248 g/mol. The summed E-state index contributed by atoms with van der Waals surface area (Å²) in [5, 5.41) is 0. The van der Waals surface area contributed by atoms with Crippen LogP contribution in [0.3, 0.4) is 0 Å². The van der Waals surface area contributed by atoms with Crippen molar-refractivity contribution < 1.29 is 4.79 Å². The minimum Gasteiger partial charge on any atom is -0.339 e. The van der Waals surface area contributed by atoms with Crippen molar-refractivity contribution in [2.75, 3.05) is 19.6 Å². The van der Waals surface area contributed by atoms with Crippen molar-refractivity contribution in [3.63, 3.8) is 0 Å². The predicted octanol–water partition coefficient (Wildman–Crippen LogP) is 2.84. The highest BCUT2D eigenvalue weighted by Crippen LogP contribution is 2.23. The highest BCUT2D eigenvalue weighted by atomic mass is 16.2. The molecule has 0 atom stereocenters. The lowest BCUT2D eigenvalue weighted by Crippen LogP contribution is -2.38. The molecule has 3 heteroatoms. The lowest BCUT2D eigenvalue weighted by molar-refractivity contribution is 0.0685. The summed E-state index contributed by atoms with van der Waals surface area (Å²) >= 11 is 0. The lowest BCUT2D eigenvalue weighted by Gasteiger charge is -2.32. The highest BCUT2D eigenvalue weighted by Gasteiger charge is 2.24. The minimum atomic E-state index is 0.184. The van der Waals surface area contributed by atoms with Crippen molar-refractivity contribution in [2.24, 2.45) is 11.7 Å². The SMILES string of the molecule is CCCC1CCN(C(=O)c2ccccc2CCN)CC1. The van der Waals surface area contributed by atoms with E-state index in [-0.39, 0.29) is 5.91 Å². The van der Waals surface area contributed by atoms with Gasteiger partial charge in [-0.2, -0.15) is 0 Å². The lowest BCUT2D eigenvalue weighted by atomic mass is 9.92. The van der Waals surface area contributed by atoms with Crippen LogP contribution in [0.5, 0.6) is 0 Å². The first kappa shape index (κ1) is 15.0. The molecule has 1 aliphatic rings. The first-order valence-electron chi connectivity index (χ1n) is 7.83. The maximum absolute atomic E-state index is 12.6. The van der Waals surface area contributed by atoms with Crippen molar-refractivity contribution in [1.82, 2.24) is 4.90 Å². The van der Waals surface area contributed by atoms with Crippen molar-refractivity contribution in [2.45, 2.75) is 39.0 Å². The van der Waals surface area contributed by atoms with E-state index in [1.54, 1.807) is 0 Å². The van der Waals surface area contributed by atoms with Crippen LogP contribution in [-0.2, 0) is 6.42 Å². The Morgan fingerprint density at radius 2 is 2.00 bits per heavy atom. The number of piperidine rings is 1. The predicted molar refractivity (Wildman–Crippen MR) is 82.7 cm³/mol. The molecule has 0 radical (unpaired) electrons. The van der Waals surface area contributed by atoms with Crippen molar-refractivity contribution in [3.05, 3.63) is 35.4 Å². The fourth-order valence-electron chi connectivity index (χ4n) is 3.11. The van der Waals surface area contributed by atoms with Gasteiger partial charge in [0.25, 0.3) is 5.91 Å². The zero-order chi connectivity index (χ0) is 14.4. The van der Waals surface area contributed by atoms with Crippen LogP contribution in [0.1, 0.15) is 48.5 Å². The average Bonchev–Trinajstić information content (AvgIpc) is 2.49. The molecule has 0 unspecified atom stereocenters. The number of likely N-dealkylation sites (tertiary alicyclic amines) is 1. The fraction of sp³-hybridized carbons (Fsp3) is 0.588. The molecule has 2 N–H and O–H groups in total. The van der Waals surface area contributed by atoms with E-state index in [4.69, 9.17) is 5.73 Å². The number of benzene rings is 1. The van der Waals surface area contributed by atoms with E-state index in [0.717, 1.165) is 49.4 Å². The van der Waals surface area contributed by atoms with Gasteiger partial charge in [0.05, 0.1) is 0 Å². The number of carbonyl (C=O) groups is 1. The van der Waals surface area contributed by atoms with E-state index in [1.165, 1.54) is 12.8 Å². The normalized spacial score (nSPS) is 16.4. The van der Waals surface area contributed by atoms with Gasteiger partial charge in [0.1, 0.15) is 0 Å². The maximum atomic E-state index is 12.6. The number of carbonyl (C=O) groups excluding carboxylic acids is 1. The summed E-state index contributed by atoms with van der Waals surface area (Å²) in [5.41, 5.74) is 7.55. The van der Waals surface area contributed by atoms with Gasteiger partial charge >= 0.3 is 0 Å². The van der Waals surface area contributed by atoms with Gasteiger partial charge in [0.15, 0.2) is 0 Å². The molecule has 0 aliphatic carbocycles. The molecular formula is C17H26N2O. The van der Waals surface area contributed by atoms with Gasteiger partial charge in [-0.1, -0.05) is 38.0 Å². The molecule has 1 aliphatic heterocycles. The van der Waals surface area contributed by atoms with Crippen LogP contribution in [0.15, 0.2) is 24.3 Å². The smallest absolute Gasteiger partial charge is 0.254 e. The van der Waals surface area contributed by atoms with Crippen LogP contribution >= 0.6 is 0 Å². The molecule has 0 aromatic heterocycles. The summed E-state index contributed by atoms with van der Waals surface area (Å²) in [6.07, 6.45) is 5.62. The number of hydrogen-bond acceptors (Lipinski definition) is 2. The third-order valence-electron chi connectivity index (χ3n) is 4.26. The topological polar surface area (TPSA) is 46.3 Å². The third kappa shape index (κ3) is 3.60. The number of nitrogens with zero attached hydrogens (tertiary/aromatic N) is 1. The Kier molecular flexibility index (Phi) is 5.60. The number of amides is 1. The van der Waals surface area contributed by atoms with Crippen molar-refractivity contribution in [3.8, 4) is 0 Å². The Morgan fingerprint density at radius 3 is 2.65 bits per heavy atom. The van der Waals surface area contributed by atoms with Gasteiger partial charge < -0.3 is 10.6 Å². The van der Waals surface area contributed by atoms with Crippen LogP contribution in [0.4, 0.5) is 0 Å². The van der Waals surface area contributed by atoms with Gasteiger partial charge in [-0.3, -0.25) is 4.79 Å². The van der Waals surface area contributed by atoms with Crippen molar-refractivity contribution in [1.29, 1.82) is 0 Å². The van der Waals surface area contributed by atoms with Gasteiger partial charge in [0.2, 0.25) is 0 Å². The molecule has 1 aromatic rings. The zero-order valence-electron chi connectivity index (χ0n) is 12.5. The quantitative estimate of drug-likeness (QED) is 0.897. The van der Waals surface area contributed by atoms with Crippen LogP contribution in [0.25, 0.3) is 0 Å².